The molecule has 0 fully saturated rings. The van der Waals surface area contributed by atoms with Crippen LogP contribution in [0.1, 0.15) is 13.8 Å². The summed E-state index contributed by atoms with van der Waals surface area (Å²) in [6, 6.07) is 0. The van der Waals surface area contributed by atoms with Gasteiger partial charge in [0.15, 0.2) is 0 Å². The summed E-state index contributed by atoms with van der Waals surface area (Å²) in [4.78, 5) is 0. The van der Waals surface area contributed by atoms with Gasteiger partial charge in [0.2, 0.25) is 0 Å². The third kappa shape index (κ3) is 278. The summed E-state index contributed by atoms with van der Waals surface area (Å²) in [6.45, 7) is 3.14. The van der Waals surface area contributed by atoms with E-state index in [4.69, 9.17) is 10.2 Å². The zero-order valence-corrected chi connectivity index (χ0v) is 7.23. The molecule has 0 N–H and O–H groups in total. The van der Waals surface area contributed by atoms with Crippen LogP contribution in [0.15, 0.2) is 0 Å². The molecule has 0 atom stereocenters. The van der Waals surface area contributed by atoms with Crippen molar-refractivity contribution in [3.8, 4) is 0 Å². The molecular formula is C4H10O2Sb. The predicted octanol–water partition coefficient (Wildman–Crippen LogP) is -1.65. The third-order valence-electron chi connectivity index (χ3n) is 0. The first-order valence-electron chi connectivity index (χ1n) is 1.99. The van der Waals surface area contributed by atoms with Gasteiger partial charge in [0.25, 0.3) is 0 Å². The number of hydrogen-bond acceptors (Lipinski definition) is 2. The molecule has 0 spiro atoms. The Morgan fingerprint density at radius 2 is 1.00 bits per heavy atom. The fourth-order valence-electron chi connectivity index (χ4n) is 0. The van der Waals surface area contributed by atoms with Crippen molar-refractivity contribution in [3.63, 3.8) is 0 Å². The quantitative estimate of drug-likeness (QED) is 0.451. The van der Waals surface area contributed by atoms with E-state index in [1.54, 1.807) is 13.8 Å². The normalized spacial score (nSPS) is 5.14. The SMILES string of the molecule is CC[O-].CC[O-].[Sb+2]. The van der Waals surface area contributed by atoms with E-state index in [0.29, 0.717) is 0 Å². The van der Waals surface area contributed by atoms with Crippen molar-refractivity contribution in [2.45, 2.75) is 13.8 Å². The number of rotatable bonds is 0. The molecule has 0 aliphatic rings. The Morgan fingerprint density at radius 3 is 1.00 bits per heavy atom. The van der Waals surface area contributed by atoms with Gasteiger partial charge in [0.05, 0.1) is 0 Å². The number of hydrogen-bond donors (Lipinski definition) is 0. The molecular weight excluding hydrogens is 202 g/mol. The van der Waals surface area contributed by atoms with Crippen LogP contribution in [0.25, 0.3) is 0 Å². The zero-order valence-electron chi connectivity index (χ0n) is 4.68. The van der Waals surface area contributed by atoms with Crippen LogP contribution in [0.2, 0.25) is 0 Å². The van der Waals surface area contributed by atoms with Crippen molar-refractivity contribution in [3.05, 3.63) is 0 Å². The Bertz CT molecular complexity index is 11.7. The van der Waals surface area contributed by atoms with Crippen LogP contribution in [0.3, 0.4) is 0 Å². The van der Waals surface area contributed by atoms with Gasteiger partial charge >= 0.3 is 24.4 Å². The van der Waals surface area contributed by atoms with E-state index < -0.39 is 0 Å². The fraction of sp³-hybridized carbons (Fsp3) is 1.00. The maximum atomic E-state index is 8.93. The summed E-state index contributed by atoms with van der Waals surface area (Å²) in [6.07, 6.45) is 0. The molecule has 0 saturated heterocycles. The third-order valence-corrected chi connectivity index (χ3v) is 0. The summed E-state index contributed by atoms with van der Waals surface area (Å²) < 4.78 is 0. The summed E-state index contributed by atoms with van der Waals surface area (Å²) in [5.41, 5.74) is 0. The predicted molar refractivity (Wildman–Crippen MR) is 26.8 cm³/mol. The van der Waals surface area contributed by atoms with Gasteiger partial charge in [-0.2, -0.15) is 0 Å². The molecule has 3 heteroatoms. The van der Waals surface area contributed by atoms with Crippen LogP contribution in [-0.4, -0.2) is 37.6 Å². The molecule has 0 heterocycles. The van der Waals surface area contributed by atoms with Gasteiger partial charge in [0.1, 0.15) is 0 Å². The average molecular weight is 212 g/mol. The monoisotopic (exact) mass is 211 g/mol. The Kier molecular flexibility index (Phi) is 66.2. The average Bonchev–Trinajstić information content (AvgIpc) is 1.39. The summed E-state index contributed by atoms with van der Waals surface area (Å²) in [5.74, 6) is 0. The zero-order chi connectivity index (χ0) is 5.41. The summed E-state index contributed by atoms with van der Waals surface area (Å²) >= 11 is 0. The van der Waals surface area contributed by atoms with E-state index in [1.165, 1.54) is 0 Å². The molecule has 0 amide bonds. The molecule has 7 heavy (non-hydrogen) atoms. The molecule has 0 aromatic carbocycles. The Hall–Kier alpha value is 0.738. The molecule has 0 rings (SSSR count). The van der Waals surface area contributed by atoms with Gasteiger partial charge in [-0.25, -0.2) is 0 Å². The first-order chi connectivity index (χ1) is 2.83. The summed E-state index contributed by atoms with van der Waals surface area (Å²) in [7, 11) is 0. The smallest absolute Gasteiger partial charge is 0.855 e. The van der Waals surface area contributed by atoms with Gasteiger partial charge < -0.3 is 10.2 Å². The molecule has 0 aliphatic carbocycles. The van der Waals surface area contributed by atoms with Crippen LogP contribution in [0, 0.1) is 0 Å². The van der Waals surface area contributed by atoms with Crippen LogP contribution in [-0.2, 0) is 0 Å². The van der Waals surface area contributed by atoms with E-state index in [1.807, 2.05) is 0 Å². The van der Waals surface area contributed by atoms with Gasteiger partial charge in [-0.1, -0.05) is 13.8 Å². The molecule has 0 aromatic heterocycles. The molecule has 0 saturated carbocycles. The second-order valence-corrected chi connectivity index (χ2v) is 0.577. The maximum absolute atomic E-state index is 8.93. The van der Waals surface area contributed by atoms with E-state index in [2.05, 4.69) is 0 Å². The topological polar surface area (TPSA) is 46.1 Å². The van der Waals surface area contributed by atoms with Gasteiger partial charge in [-0.3, -0.25) is 0 Å². The molecule has 3 radical (unpaired) electrons. The summed E-state index contributed by atoms with van der Waals surface area (Å²) in [5, 5.41) is 17.9. The van der Waals surface area contributed by atoms with Gasteiger partial charge in [-0.05, 0) is 0 Å². The van der Waals surface area contributed by atoms with E-state index in [0.717, 1.165) is 0 Å². The molecule has 43 valence electrons. The van der Waals surface area contributed by atoms with E-state index in [9.17, 15) is 0 Å². The standard InChI is InChI=1S/2C2H5O.Sb/c2*1-2-3;/h2*2H2,1H3;/q2*-1;+2. The fourth-order valence-corrected chi connectivity index (χ4v) is 0. The Balaban J connectivity index is -0.0000000400. The van der Waals surface area contributed by atoms with Crippen molar-refractivity contribution < 1.29 is 10.2 Å². The minimum atomic E-state index is 0. The first kappa shape index (κ1) is 15.6. The van der Waals surface area contributed by atoms with Crippen LogP contribution in [0.4, 0.5) is 0 Å². The van der Waals surface area contributed by atoms with Crippen LogP contribution in [0.5, 0.6) is 0 Å². The second-order valence-electron chi connectivity index (χ2n) is 0.577. The molecule has 2 nitrogen and oxygen atoms in total. The van der Waals surface area contributed by atoms with Crippen LogP contribution >= 0.6 is 0 Å². The molecule has 0 aromatic rings. The molecule has 0 unspecified atom stereocenters. The Morgan fingerprint density at radius 1 is 1.00 bits per heavy atom. The van der Waals surface area contributed by atoms with Crippen molar-refractivity contribution in [1.29, 1.82) is 0 Å². The van der Waals surface area contributed by atoms with E-state index >= 15 is 0 Å². The maximum Gasteiger partial charge on any atom is 2.00 e. The minimum absolute atomic E-state index is 0. The molecule has 0 bridgehead atoms. The van der Waals surface area contributed by atoms with Gasteiger partial charge in [-0.15, -0.1) is 13.2 Å². The van der Waals surface area contributed by atoms with E-state index in [-0.39, 0.29) is 37.6 Å². The molecule has 0 aliphatic heterocycles. The van der Waals surface area contributed by atoms with Crippen molar-refractivity contribution in [1.82, 2.24) is 0 Å². The van der Waals surface area contributed by atoms with Crippen molar-refractivity contribution in [2.24, 2.45) is 0 Å². The Labute approximate surface area is 62.0 Å². The van der Waals surface area contributed by atoms with Crippen molar-refractivity contribution in [2.75, 3.05) is 13.2 Å². The van der Waals surface area contributed by atoms with Gasteiger partial charge in [0, 0.05) is 0 Å². The minimum Gasteiger partial charge on any atom is -0.855 e. The largest absolute Gasteiger partial charge is 2.00 e. The van der Waals surface area contributed by atoms with Crippen molar-refractivity contribution >= 4 is 24.4 Å². The second kappa shape index (κ2) is 29.6. The van der Waals surface area contributed by atoms with Crippen LogP contribution < -0.4 is 10.2 Å². The first-order valence-corrected chi connectivity index (χ1v) is 1.99.